The van der Waals surface area contributed by atoms with Crippen LogP contribution in [0.4, 0.5) is 8.78 Å². The van der Waals surface area contributed by atoms with Crippen LogP contribution in [-0.2, 0) is 0 Å². The minimum Gasteiger partial charge on any atom is -0.328 e. The Morgan fingerprint density at radius 1 is 1.70 bits per heavy atom. The molecule has 0 amide bonds. The summed E-state index contributed by atoms with van der Waals surface area (Å²) in [4.78, 5) is 0. The summed E-state index contributed by atoms with van der Waals surface area (Å²) in [6.45, 7) is 1.92. The Balaban J connectivity index is 2.17. The second kappa shape index (κ2) is 2.46. The van der Waals surface area contributed by atoms with E-state index < -0.39 is 11.8 Å². The number of hydrogen-bond donors (Lipinski definition) is 1. The minimum atomic E-state index is -2.38. The van der Waals surface area contributed by atoms with Crippen LogP contribution in [0.5, 0.6) is 0 Å². The van der Waals surface area contributed by atoms with Crippen LogP contribution in [0.25, 0.3) is 0 Å². The average molecular weight is 149 g/mol. The fraction of sp³-hybridized carbons (Fsp3) is 1.00. The van der Waals surface area contributed by atoms with Crippen molar-refractivity contribution in [3.8, 4) is 0 Å². The predicted octanol–water partition coefficient (Wildman–Crippen LogP) is 1.77. The molecule has 0 aromatic carbocycles. The second-order valence-electron chi connectivity index (χ2n) is 3.07. The molecule has 60 valence electrons. The van der Waals surface area contributed by atoms with Gasteiger partial charge in [0.15, 0.2) is 0 Å². The van der Waals surface area contributed by atoms with Gasteiger partial charge >= 0.3 is 0 Å². The Hall–Kier alpha value is -0.180. The summed E-state index contributed by atoms with van der Waals surface area (Å²) in [7, 11) is 0. The van der Waals surface area contributed by atoms with E-state index in [1.807, 2.05) is 6.92 Å². The van der Waals surface area contributed by atoms with Crippen LogP contribution >= 0.6 is 0 Å². The van der Waals surface area contributed by atoms with Gasteiger partial charge in [-0.2, -0.15) is 0 Å². The minimum absolute atomic E-state index is 0.0293. The van der Waals surface area contributed by atoms with Gasteiger partial charge in [-0.1, -0.05) is 6.92 Å². The molecule has 1 nitrogen and oxygen atoms in total. The summed E-state index contributed by atoms with van der Waals surface area (Å²) in [5.74, 6) is -2.80. The lowest BCUT2D eigenvalue weighted by Gasteiger charge is -2.05. The molecule has 1 aliphatic rings. The summed E-state index contributed by atoms with van der Waals surface area (Å²) in [6.07, 6.45) is 1.34. The molecule has 0 aromatic rings. The van der Waals surface area contributed by atoms with Crippen molar-refractivity contribution in [1.82, 2.24) is 0 Å². The Bertz CT molecular complexity index is 125. The summed E-state index contributed by atoms with van der Waals surface area (Å²) < 4.78 is 24.5. The van der Waals surface area contributed by atoms with Crippen LogP contribution in [-0.4, -0.2) is 12.0 Å². The third-order valence-electron chi connectivity index (χ3n) is 2.07. The Labute approximate surface area is 59.6 Å². The molecule has 0 bridgehead atoms. The van der Waals surface area contributed by atoms with Gasteiger partial charge in [-0.3, -0.25) is 0 Å². The molecule has 0 radical (unpaired) electrons. The first-order valence-corrected chi connectivity index (χ1v) is 3.69. The predicted molar refractivity (Wildman–Crippen MR) is 35.9 cm³/mol. The van der Waals surface area contributed by atoms with E-state index >= 15 is 0 Å². The van der Waals surface area contributed by atoms with Gasteiger partial charge in [-0.05, 0) is 12.8 Å². The summed E-state index contributed by atoms with van der Waals surface area (Å²) >= 11 is 0. The number of nitrogens with two attached hydrogens (primary N) is 1. The zero-order valence-electron chi connectivity index (χ0n) is 6.11. The van der Waals surface area contributed by atoms with Crippen LogP contribution in [0.2, 0.25) is 0 Å². The fourth-order valence-corrected chi connectivity index (χ4v) is 1.06. The molecule has 2 atom stereocenters. The molecule has 0 heterocycles. The molecule has 10 heavy (non-hydrogen) atoms. The Kier molecular flexibility index (Phi) is 1.95. The lowest BCUT2D eigenvalue weighted by molar-refractivity contribution is 0.0953. The lowest BCUT2D eigenvalue weighted by Crippen LogP contribution is -2.20. The van der Waals surface area contributed by atoms with Gasteiger partial charge in [0.1, 0.15) is 0 Å². The number of hydrogen-bond acceptors (Lipinski definition) is 1. The maximum Gasteiger partial charge on any atom is 0.251 e. The Morgan fingerprint density at radius 3 is 2.50 bits per heavy atom. The first-order valence-electron chi connectivity index (χ1n) is 3.69. The first-order chi connectivity index (χ1) is 4.56. The standard InChI is InChI=1S/C7H13F2N/c1-2-6(10)3-5-4-7(5,8)9/h5-6H,2-4,10H2,1H3/t5-,6+/m0/s1. The van der Waals surface area contributed by atoms with Gasteiger partial charge in [-0.15, -0.1) is 0 Å². The van der Waals surface area contributed by atoms with Crippen molar-refractivity contribution in [2.24, 2.45) is 11.7 Å². The highest BCUT2D eigenvalue weighted by Gasteiger charge is 2.56. The molecule has 0 aromatic heterocycles. The van der Waals surface area contributed by atoms with Crippen molar-refractivity contribution >= 4 is 0 Å². The van der Waals surface area contributed by atoms with E-state index in [1.54, 1.807) is 0 Å². The number of rotatable bonds is 3. The highest BCUT2D eigenvalue weighted by molar-refractivity contribution is 4.96. The smallest absolute Gasteiger partial charge is 0.251 e. The molecule has 1 saturated carbocycles. The van der Waals surface area contributed by atoms with Crippen molar-refractivity contribution in [2.45, 2.75) is 38.2 Å². The molecule has 1 fully saturated rings. The Morgan fingerprint density at radius 2 is 2.20 bits per heavy atom. The third-order valence-corrected chi connectivity index (χ3v) is 2.07. The number of halogens is 2. The van der Waals surface area contributed by atoms with E-state index in [4.69, 9.17) is 5.73 Å². The SMILES string of the molecule is CC[C@@H](N)C[C@H]1CC1(F)F. The van der Waals surface area contributed by atoms with Gasteiger partial charge in [0.25, 0.3) is 5.92 Å². The van der Waals surface area contributed by atoms with Crippen molar-refractivity contribution < 1.29 is 8.78 Å². The summed E-state index contributed by atoms with van der Waals surface area (Å²) in [5, 5.41) is 0. The van der Waals surface area contributed by atoms with Gasteiger partial charge in [0.2, 0.25) is 0 Å². The van der Waals surface area contributed by atoms with Gasteiger partial charge in [0, 0.05) is 18.4 Å². The molecule has 0 unspecified atom stereocenters. The van der Waals surface area contributed by atoms with Crippen LogP contribution in [0.15, 0.2) is 0 Å². The lowest BCUT2D eigenvalue weighted by atomic mass is 10.1. The number of alkyl halides is 2. The molecule has 1 rings (SSSR count). The molecular weight excluding hydrogens is 136 g/mol. The second-order valence-corrected chi connectivity index (χ2v) is 3.07. The van der Waals surface area contributed by atoms with E-state index in [0.29, 0.717) is 6.42 Å². The largest absolute Gasteiger partial charge is 0.328 e. The maximum absolute atomic E-state index is 12.2. The van der Waals surface area contributed by atoms with E-state index in [9.17, 15) is 8.78 Å². The van der Waals surface area contributed by atoms with Gasteiger partial charge < -0.3 is 5.73 Å². The normalized spacial score (nSPS) is 31.8. The van der Waals surface area contributed by atoms with Crippen molar-refractivity contribution in [3.05, 3.63) is 0 Å². The average Bonchev–Trinajstić information content (AvgIpc) is 2.40. The van der Waals surface area contributed by atoms with Crippen LogP contribution in [0.1, 0.15) is 26.2 Å². The fourth-order valence-electron chi connectivity index (χ4n) is 1.06. The van der Waals surface area contributed by atoms with Crippen molar-refractivity contribution in [2.75, 3.05) is 0 Å². The van der Waals surface area contributed by atoms with Crippen LogP contribution in [0.3, 0.4) is 0 Å². The van der Waals surface area contributed by atoms with E-state index in [2.05, 4.69) is 0 Å². The zero-order chi connectivity index (χ0) is 7.78. The molecule has 0 spiro atoms. The zero-order valence-corrected chi connectivity index (χ0v) is 6.11. The monoisotopic (exact) mass is 149 g/mol. The third kappa shape index (κ3) is 1.66. The molecule has 0 aliphatic heterocycles. The van der Waals surface area contributed by atoms with E-state index in [-0.39, 0.29) is 12.5 Å². The topological polar surface area (TPSA) is 26.0 Å². The highest BCUT2D eigenvalue weighted by atomic mass is 19.3. The van der Waals surface area contributed by atoms with E-state index in [1.165, 1.54) is 0 Å². The van der Waals surface area contributed by atoms with Crippen LogP contribution in [0, 0.1) is 5.92 Å². The first kappa shape index (κ1) is 7.92. The van der Waals surface area contributed by atoms with Gasteiger partial charge in [0.05, 0.1) is 0 Å². The van der Waals surface area contributed by atoms with Gasteiger partial charge in [-0.25, -0.2) is 8.78 Å². The molecule has 0 saturated heterocycles. The summed E-state index contributed by atoms with van der Waals surface area (Å²) in [6, 6.07) is -0.0293. The molecule has 1 aliphatic carbocycles. The quantitative estimate of drug-likeness (QED) is 0.650. The van der Waals surface area contributed by atoms with Crippen LogP contribution < -0.4 is 5.73 Å². The highest BCUT2D eigenvalue weighted by Crippen LogP contribution is 2.51. The van der Waals surface area contributed by atoms with E-state index in [0.717, 1.165) is 6.42 Å². The maximum atomic E-state index is 12.2. The molecule has 3 heteroatoms. The molecule has 2 N–H and O–H groups in total. The van der Waals surface area contributed by atoms with Crippen molar-refractivity contribution in [3.63, 3.8) is 0 Å². The van der Waals surface area contributed by atoms with Crippen molar-refractivity contribution in [1.29, 1.82) is 0 Å². The summed E-state index contributed by atoms with van der Waals surface area (Å²) in [5.41, 5.74) is 5.50. The molecular formula is C7H13F2N.